The summed E-state index contributed by atoms with van der Waals surface area (Å²) in [6.07, 6.45) is 0.938. The summed E-state index contributed by atoms with van der Waals surface area (Å²) in [5, 5.41) is 10.4. The molecule has 23 heavy (non-hydrogen) atoms. The number of allylic oxidation sites excluding steroid dienone is 1. The SMILES string of the molecule is CC(C)/C=C(\CC(O)c1ccccc1)S(=O)(=O)c1ccccc1. The molecule has 0 amide bonds. The first-order chi connectivity index (χ1) is 10.9. The van der Waals surface area contributed by atoms with Crippen molar-refractivity contribution in [2.24, 2.45) is 5.92 Å². The lowest BCUT2D eigenvalue weighted by atomic mass is 10.1. The number of aliphatic hydroxyl groups excluding tert-OH is 1. The summed E-state index contributed by atoms with van der Waals surface area (Å²) >= 11 is 0. The van der Waals surface area contributed by atoms with E-state index in [1.807, 2.05) is 32.0 Å². The van der Waals surface area contributed by atoms with E-state index >= 15 is 0 Å². The van der Waals surface area contributed by atoms with E-state index in [4.69, 9.17) is 0 Å². The van der Waals surface area contributed by atoms with E-state index in [0.29, 0.717) is 5.56 Å². The van der Waals surface area contributed by atoms with Crippen molar-refractivity contribution in [3.63, 3.8) is 0 Å². The molecule has 1 N–H and O–H groups in total. The molecular weight excluding hydrogens is 308 g/mol. The molecule has 2 rings (SSSR count). The van der Waals surface area contributed by atoms with E-state index in [1.54, 1.807) is 48.5 Å². The quantitative estimate of drug-likeness (QED) is 0.866. The van der Waals surface area contributed by atoms with Gasteiger partial charge >= 0.3 is 0 Å². The smallest absolute Gasteiger partial charge is 0.202 e. The average molecular weight is 330 g/mol. The van der Waals surface area contributed by atoms with Crippen molar-refractivity contribution in [2.45, 2.75) is 31.3 Å². The van der Waals surface area contributed by atoms with Gasteiger partial charge in [-0.1, -0.05) is 68.5 Å². The van der Waals surface area contributed by atoms with E-state index in [2.05, 4.69) is 0 Å². The summed E-state index contributed by atoms with van der Waals surface area (Å²) in [5.74, 6) is 0.0754. The fourth-order valence-electron chi connectivity index (χ4n) is 2.37. The van der Waals surface area contributed by atoms with Crippen LogP contribution in [0.5, 0.6) is 0 Å². The van der Waals surface area contributed by atoms with E-state index in [-0.39, 0.29) is 22.1 Å². The number of hydrogen-bond donors (Lipinski definition) is 1. The normalized spacial score (nSPS) is 14.0. The lowest BCUT2D eigenvalue weighted by Crippen LogP contribution is -2.10. The molecule has 0 aromatic heterocycles. The van der Waals surface area contributed by atoms with Crippen molar-refractivity contribution in [2.75, 3.05) is 0 Å². The third-order valence-electron chi connectivity index (χ3n) is 3.50. The highest BCUT2D eigenvalue weighted by Gasteiger charge is 2.23. The molecule has 0 heterocycles. The predicted molar refractivity (Wildman–Crippen MR) is 92.6 cm³/mol. The summed E-state index contributed by atoms with van der Waals surface area (Å²) < 4.78 is 25.7. The molecule has 0 fully saturated rings. The zero-order valence-corrected chi connectivity index (χ0v) is 14.2. The summed E-state index contributed by atoms with van der Waals surface area (Å²) in [4.78, 5) is 0.516. The number of aliphatic hydroxyl groups is 1. The molecule has 2 aromatic carbocycles. The highest BCUT2D eigenvalue weighted by Crippen LogP contribution is 2.29. The first-order valence-corrected chi connectivity index (χ1v) is 9.13. The van der Waals surface area contributed by atoms with Crippen LogP contribution in [0.1, 0.15) is 31.9 Å². The maximum Gasteiger partial charge on any atom is 0.202 e. The van der Waals surface area contributed by atoms with E-state index < -0.39 is 15.9 Å². The molecular formula is C19H22O3S. The Labute approximate surface area is 138 Å². The van der Waals surface area contributed by atoms with Crippen molar-refractivity contribution < 1.29 is 13.5 Å². The van der Waals surface area contributed by atoms with Gasteiger partial charge in [0.05, 0.1) is 11.0 Å². The fraction of sp³-hybridized carbons (Fsp3) is 0.263. The number of hydrogen-bond acceptors (Lipinski definition) is 3. The highest BCUT2D eigenvalue weighted by molar-refractivity contribution is 7.95. The molecule has 122 valence electrons. The van der Waals surface area contributed by atoms with Gasteiger partial charge < -0.3 is 5.11 Å². The molecule has 0 saturated heterocycles. The Morgan fingerprint density at radius 1 is 1.00 bits per heavy atom. The fourth-order valence-corrected chi connectivity index (χ4v) is 4.02. The maximum atomic E-state index is 12.9. The Morgan fingerprint density at radius 2 is 1.52 bits per heavy atom. The van der Waals surface area contributed by atoms with Crippen LogP contribution in [-0.4, -0.2) is 13.5 Å². The van der Waals surface area contributed by atoms with Gasteiger partial charge in [0, 0.05) is 11.3 Å². The van der Waals surface area contributed by atoms with Gasteiger partial charge in [0.2, 0.25) is 9.84 Å². The van der Waals surface area contributed by atoms with Gasteiger partial charge in [0.25, 0.3) is 0 Å². The summed E-state index contributed by atoms with van der Waals surface area (Å²) in [7, 11) is -3.60. The Bertz CT molecular complexity index is 748. The average Bonchev–Trinajstić information content (AvgIpc) is 2.55. The van der Waals surface area contributed by atoms with Crippen LogP contribution in [0.25, 0.3) is 0 Å². The zero-order valence-electron chi connectivity index (χ0n) is 13.4. The minimum atomic E-state index is -3.60. The Kier molecular flexibility index (Phi) is 5.74. The monoisotopic (exact) mass is 330 g/mol. The lowest BCUT2D eigenvalue weighted by Gasteiger charge is -2.15. The van der Waals surface area contributed by atoms with Gasteiger partial charge in [-0.25, -0.2) is 8.42 Å². The van der Waals surface area contributed by atoms with E-state index in [0.717, 1.165) is 0 Å². The first-order valence-electron chi connectivity index (χ1n) is 7.65. The molecule has 0 aliphatic carbocycles. The minimum absolute atomic E-state index is 0.0689. The van der Waals surface area contributed by atoms with Crippen molar-refractivity contribution in [3.05, 3.63) is 77.2 Å². The summed E-state index contributed by atoms with van der Waals surface area (Å²) in [5.41, 5.74) is 0.713. The predicted octanol–water partition coefficient (Wildman–Crippen LogP) is 4.12. The van der Waals surface area contributed by atoms with Crippen LogP contribution in [0.4, 0.5) is 0 Å². The van der Waals surface area contributed by atoms with Gasteiger partial charge in [0.1, 0.15) is 0 Å². The molecule has 0 aliphatic heterocycles. The molecule has 2 aromatic rings. The van der Waals surface area contributed by atoms with Crippen molar-refractivity contribution >= 4 is 9.84 Å². The second-order valence-corrected chi connectivity index (χ2v) is 7.83. The van der Waals surface area contributed by atoms with Crippen LogP contribution < -0.4 is 0 Å². The highest BCUT2D eigenvalue weighted by atomic mass is 32.2. The van der Waals surface area contributed by atoms with Crippen molar-refractivity contribution in [1.82, 2.24) is 0 Å². The Morgan fingerprint density at radius 3 is 2.04 bits per heavy atom. The topological polar surface area (TPSA) is 54.4 Å². The van der Waals surface area contributed by atoms with Gasteiger partial charge in [0.15, 0.2) is 0 Å². The molecule has 3 nitrogen and oxygen atoms in total. The van der Waals surface area contributed by atoms with Gasteiger partial charge in [-0.2, -0.15) is 0 Å². The molecule has 4 heteroatoms. The van der Waals surface area contributed by atoms with Crippen molar-refractivity contribution in [3.8, 4) is 0 Å². The Hall–Kier alpha value is -1.91. The molecule has 0 spiro atoms. The minimum Gasteiger partial charge on any atom is -0.388 e. The van der Waals surface area contributed by atoms with Crippen LogP contribution in [-0.2, 0) is 9.84 Å². The van der Waals surface area contributed by atoms with Crippen LogP contribution in [0.3, 0.4) is 0 Å². The van der Waals surface area contributed by atoms with Gasteiger partial charge in [-0.15, -0.1) is 0 Å². The molecule has 0 bridgehead atoms. The van der Waals surface area contributed by atoms with Crippen LogP contribution >= 0.6 is 0 Å². The molecule has 0 aliphatic rings. The zero-order chi connectivity index (χ0) is 16.9. The summed E-state index contributed by atoms with van der Waals surface area (Å²) in [6.45, 7) is 3.85. The van der Waals surface area contributed by atoms with Crippen molar-refractivity contribution in [1.29, 1.82) is 0 Å². The van der Waals surface area contributed by atoms with Crippen LogP contribution in [0, 0.1) is 5.92 Å². The molecule has 0 radical (unpaired) electrons. The van der Waals surface area contributed by atoms with Crippen LogP contribution in [0.2, 0.25) is 0 Å². The second-order valence-electron chi connectivity index (χ2n) is 5.82. The van der Waals surface area contributed by atoms with E-state index in [1.165, 1.54) is 0 Å². The largest absolute Gasteiger partial charge is 0.388 e. The summed E-state index contributed by atoms with van der Waals surface area (Å²) in [6, 6.07) is 17.5. The maximum absolute atomic E-state index is 12.9. The third kappa shape index (κ3) is 4.53. The van der Waals surface area contributed by atoms with Gasteiger partial charge in [-0.3, -0.25) is 0 Å². The number of benzene rings is 2. The molecule has 0 saturated carbocycles. The van der Waals surface area contributed by atoms with Crippen LogP contribution in [0.15, 0.2) is 76.5 Å². The lowest BCUT2D eigenvalue weighted by molar-refractivity contribution is 0.180. The first kappa shape index (κ1) is 17.4. The number of sulfone groups is 1. The van der Waals surface area contributed by atoms with E-state index in [9.17, 15) is 13.5 Å². The third-order valence-corrected chi connectivity index (χ3v) is 5.38. The molecule has 1 atom stereocenters. The Balaban J connectivity index is 2.35. The second kappa shape index (κ2) is 7.57. The van der Waals surface area contributed by atoms with Gasteiger partial charge in [-0.05, 0) is 23.6 Å². The number of rotatable bonds is 6. The standard InChI is InChI=1S/C19H22O3S/c1-15(2)13-18(14-19(20)16-9-5-3-6-10-16)23(21,22)17-11-7-4-8-12-17/h3-13,15,19-20H,14H2,1-2H3/b18-13+. The molecule has 1 unspecified atom stereocenters.